The molecule has 5 heteroatoms. The fourth-order valence-corrected chi connectivity index (χ4v) is 1.98. The standard InChI is InChI=1S/C9H6ClN3S/c10-8-6(3-4-11)12-9(13-8)7-2-1-5-14-7/h1-2,5H,3H2,(H,12,13). The summed E-state index contributed by atoms with van der Waals surface area (Å²) >= 11 is 7.43. The second kappa shape index (κ2) is 3.82. The Bertz CT molecular complexity index is 467. The largest absolute Gasteiger partial charge is 0.339 e. The van der Waals surface area contributed by atoms with Crippen LogP contribution < -0.4 is 0 Å². The van der Waals surface area contributed by atoms with Gasteiger partial charge in [0, 0.05) is 0 Å². The van der Waals surface area contributed by atoms with Crippen molar-refractivity contribution in [1.29, 1.82) is 5.26 Å². The van der Waals surface area contributed by atoms with E-state index < -0.39 is 0 Å². The predicted octanol–water partition coefficient (Wildman–Crippen LogP) is 2.86. The second-order valence-electron chi connectivity index (χ2n) is 2.67. The summed E-state index contributed by atoms with van der Waals surface area (Å²) in [5.74, 6) is 0.732. The van der Waals surface area contributed by atoms with Gasteiger partial charge in [-0.1, -0.05) is 17.7 Å². The van der Waals surface area contributed by atoms with Crippen LogP contribution in [0.5, 0.6) is 0 Å². The lowest BCUT2D eigenvalue weighted by molar-refractivity contribution is 1.16. The highest BCUT2D eigenvalue weighted by atomic mass is 35.5. The molecule has 0 amide bonds. The van der Waals surface area contributed by atoms with E-state index in [1.54, 1.807) is 11.3 Å². The van der Waals surface area contributed by atoms with Gasteiger partial charge in [-0.05, 0) is 11.4 Å². The van der Waals surface area contributed by atoms with Crippen molar-refractivity contribution >= 4 is 22.9 Å². The van der Waals surface area contributed by atoms with Crippen molar-refractivity contribution in [3.8, 4) is 16.8 Å². The SMILES string of the molecule is N#CCc1[nH]c(-c2cccs2)nc1Cl. The van der Waals surface area contributed by atoms with Crippen LogP contribution in [-0.4, -0.2) is 9.97 Å². The van der Waals surface area contributed by atoms with Crippen LogP contribution in [0.1, 0.15) is 5.69 Å². The molecule has 0 aliphatic rings. The highest BCUT2D eigenvalue weighted by Gasteiger charge is 2.09. The van der Waals surface area contributed by atoms with E-state index in [1.807, 2.05) is 23.6 Å². The first kappa shape index (κ1) is 9.25. The monoisotopic (exact) mass is 223 g/mol. The molecule has 0 unspecified atom stereocenters. The van der Waals surface area contributed by atoms with Gasteiger partial charge in [0.15, 0.2) is 5.15 Å². The smallest absolute Gasteiger partial charge is 0.151 e. The van der Waals surface area contributed by atoms with E-state index in [0.717, 1.165) is 10.7 Å². The lowest BCUT2D eigenvalue weighted by Crippen LogP contribution is -1.81. The molecule has 0 saturated carbocycles. The Labute approximate surface area is 90.0 Å². The molecule has 2 heterocycles. The van der Waals surface area contributed by atoms with Gasteiger partial charge in [0.2, 0.25) is 0 Å². The molecule has 2 aromatic heterocycles. The number of nitrogens with zero attached hydrogens (tertiary/aromatic N) is 2. The lowest BCUT2D eigenvalue weighted by atomic mass is 10.4. The first-order chi connectivity index (χ1) is 6.81. The number of imidazole rings is 1. The fraction of sp³-hybridized carbons (Fsp3) is 0.111. The Balaban J connectivity index is 2.39. The molecule has 70 valence electrons. The minimum Gasteiger partial charge on any atom is -0.339 e. The first-order valence-corrected chi connectivity index (χ1v) is 5.22. The van der Waals surface area contributed by atoms with Crippen LogP contribution in [-0.2, 0) is 6.42 Å². The maximum absolute atomic E-state index is 8.53. The van der Waals surface area contributed by atoms with Crippen LogP contribution >= 0.6 is 22.9 Å². The van der Waals surface area contributed by atoms with Crippen molar-refractivity contribution in [2.75, 3.05) is 0 Å². The molecule has 0 radical (unpaired) electrons. The van der Waals surface area contributed by atoms with Crippen LogP contribution in [0.2, 0.25) is 5.15 Å². The number of thiophene rings is 1. The quantitative estimate of drug-likeness (QED) is 0.851. The Morgan fingerprint density at radius 2 is 2.50 bits per heavy atom. The van der Waals surface area contributed by atoms with Crippen molar-refractivity contribution in [3.05, 3.63) is 28.4 Å². The molecule has 14 heavy (non-hydrogen) atoms. The zero-order valence-electron chi connectivity index (χ0n) is 7.12. The van der Waals surface area contributed by atoms with Gasteiger partial charge in [0.1, 0.15) is 5.82 Å². The van der Waals surface area contributed by atoms with Gasteiger partial charge in [-0.2, -0.15) is 5.26 Å². The molecule has 1 N–H and O–H groups in total. The third-order valence-electron chi connectivity index (χ3n) is 1.74. The second-order valence-corrected chi connectivity index (χ2v) is 3.97. The average Bonchev–Trinajstić information content (AvgIpc) is 2.76. The van der Waals surface area contributed by atoms with Gasteiger partial charge in [-0.15, -0.1) is 11.3 Å². The molecule has 0 fully saturated rings. The molecular weight excluding hydrogens is 218 g/mol. The maximum atomic E-state index is 8.53. The molecule has 0 aromatic carbocycles. The molecule has 0 saturated heterocycles. The third kappa shape index (κ3) is 1.65. The molecule has 0 aliphatic carbocycles. The normalized spacial score (nSPS) is 10.0. The molecule has 0 atom stereocenters. The molecule has 3 nitrogen and oxygen atoms in total. The number of aromatic nitrogens is 2. The van der Waals surface area contributed by atoms with Crippen LogP contribution in [0.3, 0.4) is 0 Å². The maximum Gasteiger partial charge on any atom is 0.151 e. The van der Waals surface area contributed by atoms with E-state index in [9.17, 15) is 0 Å². The van der Waals surface area contributed by atoms with Gasteiger partial charge in [0.05, 0.1) is 23.1 Å². The zero-order valence-corrected chi connectivity index (χ0v) is 8.69. The number of rotatable bonds is 2. The fourth-order valence-electron chi connectivity index (χ4n) is 1.11. The summed E-state index contributed by atoms with van der Waals surface area (Å²) < 4.78 is 0. The number of nitrogens with one attached hydrogen (secondary N) is 1. The van der Waals surface area contributed by atoms with Crippen LogP contribution in [0, 0.1) is 11.3 Å². The third-order valence-corrected chi connectivity index (χ3v) is 2.93. The van der Waals surface area contributed by atoms with Crippen LogP contribution in [0.4, 0.5) is 0 Å². The van der Waals surface area contributed by atoms with E-state index in [1.165, 1.54) is 0 Å². The number of halogens is 1. The lowest BCUT2D eigenvalue weighted by Gasteiger charge is -1.87. The molecule has 0 aliphatic heterocycles. The summed E-state index contributed by atoms with van der Waals surface area (Å²) in [5, 5.41) is 10.9. The first-order valence-electron chi connectivity index (χ1n) is 3.96. The van der Waals surface area contributed by atoms with E-state index >= 15 is 0 Å². The molecule has 0 bridgehead atoms. The van der Waals surface area contributed by atoms with E-state index in [0.29, 0.717) is 10.8 Å². The van der Waals surface area contributed by atoms with Crippen LogP contribution in [0.15, 0.2) is 17.5 Å². The molecular formula is C9H6ClN3S. The van der Waals surface area contributed by atoms with Gasteiger partial charge < -0.3 is 4.98 Å². The summed E-state index contributed by atoms with van der Waals surface area (Å²) in [5.41, 5.74) is 0.678. The van der Waals surface area contributed by atoms with Crippen molar-refractivity contribution in [1.82, 2.24) is 9.97 Å². The Kier molecular flexibility index (Phi) is 2.53. The highest BCUT2D eigenvalue weighted by molar-refractivity contribution is 7.13. The average molecular weight is 224 g/mol. The summed E-state index contributed by atoms with van der Waals surface area (Å²) in [7, 11) is 0. The highest BCUT2D eigenvalue weighted by Crippen LogP contribution is 2.25. The van der Waals surface area contributed by atoms with Crippen molar-refractivity contribution < 1.29 is 0 Å². The molecule has 0 spiro atoms. The van der Waals surface area contributed by atoms with Gasteiger partial charge in [-0.25, -0.2) is 4.98 Å². The number of nitriles is 1. The number of hydrogen-bond donors (Lipinski definition) is 1. The topological polar surface area (TPSA) is 52.5 Å². The summed E-state index contributed by atoms with van der Waals surface area (Å²) in [4.78, 5) is 8.19. The minimum absolute atomic E-state index is 0.261. The predicted molar refractivity (Wildman–Crippen MR) is 56.2 cm³/mol. The van der Waals surface area contributed by atoms with Crippen LogP contribution in [0.25, 0.3) is 10.7 Å². The Hall–Kier alpha value is -1.31. The minimum atomic E-state index is 0.261. The molecule has 2 aromatic rings. The zero-order chi connectivity index (χ0) is 9.97. The van der Waals surface area contributed by atoms with E-state index in [-0.39, 0.29) is 6.42 Å². The summed E-state index contributed by atoms with van der Waals surface area (Å²) in [6.07, 6.45) is 0.261. The van der Waals surface area contributed by atoms with E-state index in [4.69, 9.17) is 16.9 Å². The van der Waals surface area contributed by atoms with Gasteiger partial charge >= 0.3 is 0 Å². The van der Waals surface area contributed by atoms with Crippen molar-refractivity contribution in [3.63, 3.8) is 0 Å². The van der Waals surface area contributed by atoms with Crippen molar-refractivity contribution in [2.24, 2.45) is 0 Å². The van der Waals surface area contributed by atoms with Gasteiger partial charge in [-0.3, -0.25) is 0 Å². The van der Waals surface area contributed by atoms with Gasteiger partial charge in [0.25, 0.3) is 0 Å². The number of hydrogen-bond acceptors (Lipinski definition) is 3. The summed E-state index contributed by atoms with van der Waals surface area (Å²) in [6, 6.07) is 5.93. The Morgan fingerprint density at radius 3 is 3.14 bits per heavy atom. The molecule has 2 rings (SSSR count). The summed E-state index contributed by atoms with van der Waals surface area (Å²) in [6.45, 7) is 0. The number of H-pyrrole nitrogens is 1. The van der Waals surface area contributed by atoms with E-state index in [2.05, 4.69) is 9.97 Å². The Morgan fingerprint density at radius 1 is 1.64 bits per heavy atom. The van der Waals surface area contributed by atoms with Crippen molar-refractivity contribution in [2.45, 2.75) is 6.42 Å². The number of aromatic amines is 1.